The largest absolute Gasteiger partial charge is 0.497 e. The summed E-state index contributed by atoms with van der Waals surface area (Å²) < 4.78 is 18.1. The Balaban J connectivity index is 1.84. The van der Waals surface area contributed by atoms with Gasteiger partial charge in [0.05, 0.1) is 46.4 Å². The van der Waals surface area contributed by atoms with Crippen LogP contribution >= 0.6 is 0 Å². The molecule has 0 spiro atoms. The molecule has 0 fully saturated rings. The first-order chi connectivity index (χ1) is 23.8. The molecule has 7 nitrogen and oxygen atoms in total. The number of ether oxygens (including phenoxy) is 3. The van der Waals surface area contributed by atoms with E-state index in [1.54, 1.807) is 14.2 Å². The van der Waals surface area contributed by atoms with Crippen molar-refractivity contribution in [3.05, 3.63) is 53.6 Å². The molecule has 0 aromatic heterocycles. The van der Waals surface area contributed by atoms with E-state index in [1.807, 2.05) is 49.4 Å². The normalized spacial score (nSPS) is 12.0. The summed E-state index contributed by atoms with van der Waals surface area (Å²) in [6, 6.07) is 12.8. The zero-order valence-corrected chi connectivity index (χ0v) is 32.0. The van der Waals surface area contributed by atoms with E-state index in [2.05, 4.69) is 26.1 Å². The van der Waals surface area contributed by atoms with Crippen molar-refractivity contribution in [2.75, 3.05) is 47.0 Å². The van der Waals surface area contributed by atoms with E-state index in [4.69, 9.17) is 14.2 Å². The van der Waals surface area contributed by atoms with Crippen LogP contribution in [0.2, 0.25) is 0 Å². The van der Waals surface area contributed by atoms with Crippen molar-refractivity contribution in [3.8, 4) is 17.2 Å². The second-order valence-electron chi connectivity index (χ2n) is 13.7. The number of benzene rings is 2. The first-order valence-corrected chi connectivity index (χ1v) is 19.5. The van der Waals surface area contributed by atoms with Gasteiger partial charge in [-0.1, -0.05) is 91.2 Å². The van der Waals surface area contributed by atoms with Crippen molar-refractivity contribution in [2.24, 2.45) is 0 Å². The molecule has 0 saturated carbocycles. The lowest BCUT2D eigenvalue weighted by molar-refractivity contribution is -0.929. The van der Waals surface area contributed by atoms with E-state index in [0.29, 0.717) is 30.1 Å². The lowest BCUT2D eigenvalue weighted by Gasteiger charge is -2.39. The van der Waals surface area contributed by atoms with Gasteiger partial charge in [0.15, 0.2) is 5.78 Å². The van der Waals surface area contributed by atoms with E-state index < -0.39 is 6.04 Å². The van der Waals surface area contributed by atoms with E-state index in [9.17, 15) is 9.59 Å². The average Bonchev–Trinajstić information content (AvgIpc) is 3.13. The van der Waals surface area contributed by atoms with Crippen molar-refractivity contribution < 1.29 is 28.3 Å². The van der Waals surface area contributed by atoms with Gasteiger partial charge < -0.3 is 24.0 Å². The first-order valence-electron chi connectivity index (χ1n) is 19.5. The smallest absolute Gasteiger partial charge is 0.220 e. The lowest BCUT2D eigenvalue weighted by atomic mass is 9.97. The first kappa shape index (κ1) is 42.1. The summed E-state index contributed by atoms with van der Waals surface area (Å²) in [7, 11) is 3.25. The second kappa shape index (κ2) is 25.0. The highest BCUT2D eigenvalue weighted by Crippen LogP contribution is 2.34. The number of carbonyl (C=O) groups is 2. The minimum Gasteiger partial charge on any atom is -0.497 e. The summed E-state index contributed by atoms with van der Waals surface area (Å²) in [5.41, 5.74) is 1.76. The molecule has 0 radical (unpaired) electrons. The maximum Gasteiger partial charge on any atom is 0.220 e. The minimum atomic E-state index is -0.400. The average molecular weight is 682 g/mol. The summed E-state index contributed by atoms with van der Waals surface area (Å²) in [6.45, 7) is 14.3. The molecule has 1 unspecified atom stereocenters. The molecule has 1 amide bonds. The SMILES string of the molecule is CCCC[N+](CCCC)(CCCC)CCCCCCCCCCC(=O)NC(c1ccc(OCC(=O)CC)cc1)c1ccc(OC)cc1OC. The quantitative estimate of drug-likeness (QED) is 0.0684. The Morgan fingerprint density at radius 2 is 1.18 bits per heavy atom. The van der Waals surface area contributed by atoms with Crippen LogP contribution in [0, 0.1) is 0 Å². The van der Waals surface area contributed by atoms with E-state index in [1.165, 1.54) is 108 Å². The van der Waals surface area contributed by atoms with Gasteiger partial charge in [-0.15, -0.1) is 0 Å². The number of hydrogen-bond donors (Lipinski definition) is 1. The van der Waals surface area contributed by atoms with Crippen molar-refractivity contribution in [3.63, 3.8) is 0 Å². The fourth-order valence-corrected chi connectivity index (χ4v) is 6.60. The Morgan fingerprint density at radius 1 is 0.653 bits per heavy atom. The number of unbranched alkanes of at least 4 members (excludes halogenated alkanes) is 10. The van der Waals surface area contributed by atoms with Gasteiger partial charge >= 0.3 is 0 Å². The lowest BCUT2D eigenvalue weighted by Crippen LogP contribution is -2.50. The number of Topliss-reactive ketones (excluding diaryl/α,β-unsaturated/α-hetero) is 1. The van der Waals surface area contributed by atoms with Crippen LogP contribution in [0.25, 0.3) is 0 Å². The highest BCUT2D eigenvalue weighted by molar-refractivity contribution is 5.79. The summed E-state index contributed by atoms with van der Waals surface area (Å²) in [5.74, 6) is 2.03. The van der Waals surface area contributed by atoms with Crippen LogP contribution in [0.5, 0.6) is 17.2 Å². The third kappa shape index (κ3) is 16.0. The molecule has 2 rings (SSSR count). The number of nitrogens with zero attached hydrogens (tertiary/aromatic N) is 1. The van der Waals surface area contributed by atoms with Crippen molar-refractivity contribution in [1.29, 1.82) is 0 Å². The highest BCUT2D eigenvalue weighted by atomic mass is 16.5. The van der Waals surface area contributed by atoms with Crippen LogP contribution in [0.1, 0.15) is 148 Å². The molecule has 0 aliphatic rings. The van der Waals surface area contributed by atoms with Crippen molar-refractivity contribution in [1.82, 2.24) is 5.32 Å². The molecule has 7 heteroatoms. The molecule has 49 heavy (non-hydrogen) atoms. The fraction of sp³-hybridized carbons (Fsp3) is 0.667. The fourth-order valence-electron chi connectivity index (χ4n) is 6.60. The van der Waals surface area contributed by atoms with Gasteiger partial charge in [0, 0.05) is 24.5 Å². The molecule has 0 bridgehead atoms. The van der Waals surface area contributed by atoms with Crippen LogP contribution in [-0.4, -0.2) is 63.2 Å². The maximum absolute atomic E-state index is 13.2. The number of methoxy groups -OCH3 is 2. The monoisotopic (exact) mass is 682 g/mol. The number of amides is 1. The third-order valence-electron chi connectivity index (χ3n) is 9.81. The molecule has 0 aliphatic carbocycles. The van der Waals surface area contributed by atoms with Gasteiger partial charge in [-0.3, -0.25) is 9.59 Å². The topological polar surface area (TPSA) is 73.9 Å². The maximum atomic E-state index is 13.2. The third-order valence-corrected chi connectivity index (χ3v) is 9.81. The van der Waals surface area contributed by atoms with Gasteiger partial charge in [0.25, 0.3) is 0 Å². The Kier molecular flexibility index (Phi) is 21.5. The summed E-state index contributed by atoms with van der Waals surface area (Å²) >= 11 is 0. The molecule has 2 aromatic carbocycles. The molecular formula is C42H69N2O5+. The van der Waals surface area contributed by atoms with E-state index in [-0.39, 0.29) is 18.3 Å². The van der Waals surface area contributed by atoms with Gasteiger partial charge in [-0.05, 0) is 68.4 Å². The van der Waals surface area contributed by atoms with E-state index in [0.717, 1.165) is 24.0 Å². The Labute approximate surface area is 299 Å². The zero-order valence-electron chi connectivity index (χ0n) is 32.0. The Morgan fingerprint density at radius 3 is 1.71 bits per heavy atom. The van der Waals surface area contributed by atoms with Gasteiger partial charge in [-0.25, -0.2) is 0 Å². The minimum absolute atomic E-state index is 0.0209. The molecule has 0 saturated heterocycles. The second-order valence-corrected chi connectivity index (χ2v) is 13.7. The molecular weight excluding hydrogens is 612 g/mol. The number of carbonyl (C=O) groups excluding carboxylic acids is 2. The highest BCUT2D eigenvalue weighted by Gasteiger charge is 2.25. The zero-order chi connectivity index (χ0) is 35.7. The van der Waals surface area contributed by atoms with Gasteiger partial charge in [0.1, 0.15) is 23.9 Å². The number of quaternary nitrogens is 1. The van der Waals surface area contributed by atoms with Crippen LogP contribution in [0.3, 0.4) is 0 Å². The predicted molar refractivity (Wildman–Crippen MR) is 203 cm³/mol. The Bertz CT molecular complexity index is 1160. The van der Waals surface area contributed by atoms with Gasteiger partial charge in [0.2, 0.25) is 5.91 Å². The van der Waals surface area contributed by atoms with E-state index >= 15 is 0 Å². The van der Waals surface area contributed by atoms with Gasteiger partial charge in [-0.2, -0.15) is 0 Å². The standard InChI is InChI=1S/C42H68N2O5/c1-7-11-29-44(30-12-8-2,31-13-9-3)32-21-19-17-15-14-16-18-20-22-41(46)43-42(39-28-27-38(47-5)33-40(39)48-6)35-23-25-37(26-24-35)49-34-36(45)10-4/h23-28,33,42H,7-22,29-32,34H2,1-6H3/p+1. The summed E-state index contributed by atoms with van der Waals surface area (Å²) in [4.78, 5) is 24.9. The molecule has 0 aliphatic heterocycles. The number of ketones is 1. The van der Waals surface area contributed by atoms with Crippen LogP contribution in [0.15, 0.2) is 42.5 Å². The van der Waals surface area contributed by atoms with Crippen LogP contribution in [-0.2, 0) is 9.59 Å². The molecule has 1 N–H and O–H groups in total. The molecule has 2 aromatic rings. The van der Waals surface area contributed by atoms with Crippen LogP contribution < -0.4 is 19.5 Å². The Hall–Kier alpha value is -3.06. The van der Waals surface area contributed by atoms with Crippen LogP contribution in [0.4, 0.5) is 0 Å². The number of hydrogen-bond acceptors (Lipinski definition) is 5. The number of nitrogens with one attached hydrogen (secondary N) is 1. The predicted octanol–water partition coefficient (Wildman–Crippen LogP) is 10.00. The summed E-state index contributed by atoms with van der Waals surface area (Å²) in [6.07, 6.45) is 18.6. The number of rotatable bonds is 29. The molecule has 276 valence electrons. The molecule has 0 heterocycles. The van der Waals surface area contributed by atoms with Crippen molar-refractivity contribution >= 4 is 11.7 Å². The molecule has 1 atom stereocenters. The van der Waals surface area contributed by atoms with Crippen molar-refractivity contribution in [2.45, 2.75) is 136 Å². The summed E-state index contributed by atoms with van der Waals surface area (Å²) in [5, 5.41) is 3.26.